The van der Waals surface area contributed by atoms with E-state index in [1.54, 1.807) is 11.3 Å². The van der Waals surface area contributed by atoms with E-state index in [-0.39, 0.29) is 5.91 Å². The Balaban J connectivity index is 1.71. The Bertz CT molecular complexity index is 358. The number of carbonyl (C=O) groups excluding carboxylic acids is 1. The van der Waals surface area contributed by atoms with E-state index < -0.39 is 0 Å². The molecule has 4 heteroatoms. The fourth-order valence-electron chi connectivity index (χ4n) is 2.18. The van der Waals surface area contributed by atoms with E-state index in [1.165, 1.54) is 30.6 Å². The molecule has 1 aromatic heterocycles. The Hall–Kier alpha value is -0.350. The molecule has 1 N–H and O–H groups in total. The summed E-state index contributed by atoms with van der Waals surface area (Å²) in [5, 5.41) is 5.03. The van der Waals surface area contributed by atoms with E-state index in [4.69, 9.17) is 0 Å². The highest BCUT2D eigenvalue weighted by molar-refractivity contribution is 9.10. The van der Waals surface area contributed by atoms with Crippen LogP contribution >= 0.6 is 27.3 Å². The molecule has 88 valence electrons. The Morgan fingerprint density at radius 1 is 1.50 bits per heavy atom. The minimum absolute atomic E-state index is 0.205. The normalized spacial score (nSPS) is 16.6. The van der Waals surface area contributed by atoms with Crippen molar-refractivity contribution in [1.29, 1.82) is 0 Å². The minimum Gasteiger partial charge on any atom is -0.351 e. The second-order valence-corrected chi connectivity index (χ2v) is 6.27. The quantitative estimate of drug-likeness (QED) is 0.902. The zero-order chi connectivity index (χ0) is 11.4. The molecule has 0 unspecified atom stereocenters. The van der Waals surface area contributed by atoms with Crippen LogP contribution in [0.15, 0.2) is 15.9 Å². The van der Waals surface area contributed by atoms with Crippen molar-refractivity contribution < 1.29 is 4.79 Å². The van der Waals surface area contributed by atoms with Gasteiger partial charge in [0.25, 0.3) is 0 Å². The smallest absolute Gasteiger partial charge is 0.220 e. The lowest BCUT2D eigenvalue weighted by molar-refractivity contribution is -0.122. The van der Waals surface area contributed by atoms with Crippen molar-refractivity contribution in [2.75, 3.05) is 0 Å². The molecule has 0 radical (unpaired) electrons. The predicted molar refractivity (Wildman–Crippen MR) is 70.4 cm³/mol. The molecule has 1 amide bonds. The standard InChI is InChI=1S/C12H16BrNOS/c13-10-6-11(16-8-10)7-14-12(15)5-9-3-1-2-4-9/h6,8-9H,1-5,7H2,(H,14,15). The topological polar surface area (TPSA) is 29.1 Å². The molecule has 2 nitrogen and oxygen atoms in total. The van der Waals surface area contributed by atoms with Gasteiger partial charge in [-0.2, -0.15) is 0 Å². The molecule has 1 aromatic rings. The number of nitrogens with one attached hydrogen (secondary N) is 1. The first kappa shape index (κ1) is 12.1. The van der Waals surface area contributed by atoms with Crippen LogP contribution < -0.4 is 5.32 Å². The van der Waals surface area contributed by atoms with Gasteiger partial charge in [-0.1, -0.05) is 12.8 Å². The van der Waals surface area contributed by atoms with Gasteiger partial charge in [-0.15, -0.1) is 11.3 Å². The maximum absolute atomic E-state index is 11.7. The highest BCUT2D eigenvalue weighted by atomic mass is 79.9. The number of carbonyl (C=O) groups is 1. The van der Waals surface area contributed by atoms with Gasteiger partial charge in [0, 0.05) is 21.2 Å². The van der Waals surface area contributed by atoms with Crippen LogP contribution in [0.25, 0.3) is 0 Å². The fourth-order valence-corrected chi connectivity index (χ4v) is 3.57. The van der Waals surface area contributed by atoms with E-state index in [1.807, 2.05) is 5.38 Å². The summed E-state index contributed by atoms with van der Waals surface area (Å²) < 4.78 is 1.09. The second-order valence-electron chi connectivity index (χ2n) is 4.36. The Kier molecular flexibility index (Phi) is 4.41. The molecule has 0 bridgehead atoms. The number of halogens is 1. The lowest BCUT2D eigenvalue weighted by Crippen LogP contribution is -2.24. The van der Waals surface area contributed by atoms with Crippen molar-refractivity contribution in [1.82, 2.24) is 5.32 Å². The van der Waals surface area contributed by atoms with Gasteiger partial charge >= 0.3 is 0 Å². The van der Waals surface area contributed by atoms with E-state index in [9.17, 15) is 4.79 Å². The number of hydrogen-bond acceptors (Lipinski definition) is 2. The van der Waals surface area contributed by atoms with Crippen LogP contribution in [0.4, 0.5) is 0 Å². The van der Waals surface area contributed by atoms with Gasteiger partial charge in [0.05, 0.1) is 6.54 Å². The molecule has 0 saturated heterocycles. The van der Waals surface area contributed by atoms with Crippen LogP contribution in [-0.4, -0.2) is 5.91 Å². The number of hydrogen-bond donors (Lipinski definition) is 1. The number of rotatable bonds is 4. The van der Waals surface area contributed by atoms with Gasteiger partial charge in [0.1, 0.15) is 0 Å². The summed E-state index contributed by atoms with van der Waals surface area (Å²) in [6, 6.07) is 2.06. The molecule has 1 saturated carbocycles. The summed E-state index contributed by atoms with van der Waals surface area (Å²) in [5.74, 6) is 0.839. The maximum atomic E-state index is 11.7. The van der Waals surface area contributed by atoms with Gasteiger partial charge in [-0.05, 0) is 40.8 Å². The third-order valence-electron chi connectivity index (χ3n) is 3.03. The first-order chi connectivity index (χ1) is 7.74. The van der Waals surface area contributed by atoms with Crippen molar-refractivity contribution in [3.63, 3.8) is 0 Å². The predicted octanol–water partition coefficient (Wildman–Crippen LogP) is 3.71. The van der Waals surface area contributed by atoms with E-state index >= 15 is 0 Å². The molecule has 2 rings (SSSR count). The molecule has 0 spiro atoms. The molecule has 16 heavy (non-hydrogen) atoms. The number of amides is 1. The lowest BCUT2D eigenvalue weighted by Gasteiger charge is -2.08. The molecular formula is C12H16BrNOS. The van der Waals surface area contributed by atoms with Crippen LogP contribution in [0.2, 0.25) is 0 Å². The van der Waals surface area contributed by atoms with Crippen LogP contribution in [-0.2, 0) is 11.3 Å². The molecule has 1 heterocycles. The Morgan fingerprint density at radius 3 is 2.88 bits per heavy atom. The zero-order valence-electron chi connectivity index (χ0n) is 9.17. The van der Waals surface area contributed by atoms with E-state index in [0.29, 0.717) is 18.9 Å². The van der Waals surface area contributed by atoms with Crippen molar-refractivity contribution in [3.05, 3.63) is 20.8 Å². The summed E-state index contributed by atoms with van der Waals surface area (Å²) >= 11 is 5.08. The Labute approximate surface area is 109 Å². The molecule has 0 aliphatic heterocycles. The highest BCUT2D eigenvalue weighted by Gasteiger charge is 2.18. The van der Waals surface area contributed by atoms with Crippen LogP contribution in [0.1, 0.15) is 37.0 Å². The third-order valence-corrected chi connectivity index (χ3v) is 4.73. The highest BCUT2D eigenvalue weighted by Crippen LogP contribution is 2.27. The van der Waals surface area contributed by atoms with Crippen molar-refractivity contribution in [3.8, 4) is 0 Å². The molecular weight excluding hydrogens is 286 g/mol. The monoisotopic (exact) mass is 301 g/mol. The van der Waals surface area contributed by atoms with Crippen LogP contribution in [0, 0.1) is 5.92 Å². The lowest BCUT2D eigenvalue weighted by atomic mass is 10.0. The summed E-state index contributed by atoms with van der Waals surface area (Å²) in [6.07, 6.45) is 5.79. The fraction of sp³-hybridized carbons (Fsp3) is 0.583. The van der Waals surface area contributed by atoms with Crippen LogP contribution in [0.5, 0.6) is 0 Å². The van der Waals surface area contributed by atoms with Gasteiger partial charge in [-0.3, -0.25) is 4.79 Å². The third kappa shape index (κ3) is 3.59. The first-order valence-electron chi connectivity index (χ1n) is 5.73. The molecule has 0 atom stereocenters. The SMILES string of the molecule is O=C(CC1CCCC1)NCc1cc(Br)cs1. The van der Waals surface area contributed by atoms with Gasteiger partial charge in [-0.25, -0.2) is 0 Å². The molecule has 1 fully saturated rings. The number of thiophene rings is 1. The Morgan fingerprint density at radius 2 is 2.25 bits per heavy atom. The van der Waals surface area contributed by atoms with E-state index in [2.05, 4.69) is 27.3 Å². The summed E-state index contributed by atoms with van der Waals surface area (Å²) in [4.78, 5) is 12.9. The van der Waals surface area contributed by atoms with Gasteiger partial charge in [0.15, 0.2) is 0 Å². The minimum atomic E-state index is 0.205. The van der Waals surface area contributed by atoms with E-state index in [0.717, 1.165) is 4.47 Å². The van der Waals surface area contributed by atoms with Gasteiger partial charge < -0.3 is 5.32 Å². The maximum Gasteiger partial charge on any atom is 0.220 e. The summed E-state index contributed by atoms with van der Waals surface area (Å²) in [5.41, 5.74) is 0. The molecule has 0 aromatic carbocycles. The summed E-state index contributed by atoms with van der Waals surface area (Å²) in [6.45, 7) is 0.668. The van der Waals surface area contributed by atoms with Crippen LogP contribution in [0.3, 0.4) is 0 Å². The van der Waals surface area contributed by atoms with Crippen molar-refractivity contribution >= 4 is 33.2 Å². The average Bonchev–Trinajstić information content (AvgIpc) is 2.87. The summed E-state index contributed by atoms with van der Waals surface area (Å²) in [7, 11) is 0. The zero-order valence-corrected chi connectivity index (χ0v) is 11.6. The van der Waals surface area contributed by atoms with Crippen molar-refractivity contribution in [2.24, 2.45) is 5.92 Å². The van der Waals surface area contributed by atoms with Gasteiger partial charge in [0.2, 0.25) is 5.91 Å². The molecule has 1 aliphatic carbocycles. The average molecular weight is 302 g/mol. The molecule has 1 aliphatic rings. The first-order valence-corrected chi connectivity index (χ1v) is 7.41. The largest absolute Gasteiger partial charge is 0.351 e. The van der Waals surface area contributed by atoms with Crippen molar-refractivity contribution in [2.45, 2.75) is 38.6 Å². The second kappa shape index (κ2) is 5.82.